The molecule has 0 bridgehead atoms. The molecule has 0 aliphatic rings. The van der Waals surface area contributed by atoms with E-state index in [-0.39, 0.29) is 24.3 Å². The molecular formula is C33H43N3O4S. The van der Waals surface area contributed by atoms with E-state index >= 15 is 0 Å². The number of carbonyl (C=O) groups is 2. The molecule has 0 fully saturated rings. The first-order chi connectivity index (χ1) is 19.3. The van der Waals surface area contributed by atoms with Crippen LogP contribution in [-0.2, 0) is 32.6 Å². The van der Waals surface area contributed by atoms with Crippen molar-refractivity contribution in [3.63, 3.8) is 0 Å². The van der Waals surface area contributed by atoms with E-state index in [1.807, 2.05) is 87.5 Å². The summed E-state index contributed by atoms with van der Waals surface area (Å²) in [5.41, 5.74) is 4.27. The number of hydrogen-bond acceptors (Lipinski definition) is 4. The summed E-state index contributed by atoms with van der Waals surface area (Å²) in [6, 6.07) is 23.7. The van der Waals surface area contributed by atoms with Gasteiger partial charge in [0.1, 0.15) is 12.6 Å². The second-order valence-electron chi connectivity index (χ2n) is 11.4. The van der Waals surface area contributed by atoms with Gasteiger partial charge < -0.3 is 10.2 Å². The van der Waals surface area contributed by atoms with Crippen molar-refractivity contribution in [3.05, 3.63) is 101 Å². The summed E-state index contributed by atoms with van der Waals surface area (Å²) in [5.74, 6) is -0.210. The molecule has 3 rings (SSSR count). The van der Waals surface area contributed by atoms with Crippen LogP contribution in [0.2, 0.25) is 0 Å². The lowest BCUT2D eigenvalue weighted by Gasteiger charge is -2.33. The van der Waals surface area contributed by atoms with Gasteiger partial charge in [-0.2, -0.15) is 0 Å². The number of nitrogens with zero attached hydrogens (tertiary/aromatic N) is 2. The lowest BCUT2D eigenvalue weighted by molar-refractivity contribution is -0.140. The lowest BCUT2D eigenvalue weighted by Crippen LogP contribution is -2.53. The molecule has 7 nitrogen and oxygen atoms in total. The zero-order valence-corrected chi connectivity index (χ0v) is 25.8. The van der Waals surface area contributed by atoms with Gasteiger partial charge in [0, 0.05) is 19.5 Å². The highest BCUT2D eigenvalue weighted by Crippen LogP contribution is 2.23. The minimum Gasteiger partial charge on any atom is -0.354 e. The minimum absolute atomic E-state index is 0.164. The van der Waals surface area contributed by atoms with Crippen molar-refractivity contribution in [2.45, 2.75) is 59.5 Å². The van der Waals surface area contributed by atoms with Crippen molar-refractivity contribution in [1.29, 1.82) is 0 Å². The van der Waals surface area contributed by atoms with Crippen LogP contribution in [0.25, 0.3) is 0 Å². The van der Waals surface area contributed by atoms with E-state index in [4.69, 9.17) is 0 Å². The first kappa shape index (κ1) is 31.9. The number of amides is 2. The predicted molar refractivity (Wildman–Crippen MR) is 166 cm³/mol. The molecule has 0 aromatic heterocycles. The van der Waals surface area contributed by atoms with Crippen LogP contribution in [0.5, 0.6) is 0 Å². The Morgan fingerprint density at radius 2 is 1.49 bits per heavy atom. The molecule has 2 amide bonds. The Morgan fingerprint density at radius 1 is 0.854 bits per heavy atom. The highest BCUT2D eigenvalue weighted by molar-refractivity contribution is 7.92. The molecule has 0 aliphatic heterocycles. The van der Waals surface area contributed by atoms with Gasteiger partial charge in [0.05, 0.1) is 11.9 Å². The van der Waals surface area contributed by atoms with Crippen molar-refractivity contribution in [1.82, 2.24) is 10.2 Å². The second kappa shape index (κ2) is 14.3. The summed E-state index contributed by atoms with van der Waals surface area (Å²) in [4.78, 5) is 29.4. The molecule has 220 valence electrons. The van der Waals surface area contributed by atoms with Crippen molar-refractivity contribution >= 4 is 27.5 Å². The Hall–Kier alpha value is -3.65. The standard InChI is InChI=1S/C33H43N3O4S/c1-24(2)21-34-33(38)31(20-27-12-8-7-9-13-27)35(22-28-14-10-11-26(5)19-28)32(37)23-36(41(6,39)40)30-17-15-29(16-18-30)25(3)4/h7-19,24-25,31H,20-23H2,1-6H3,(H,34,38)/t31-/m1/s1. The zero-order valence-electron chi connectivity index (χ0n) is 25.0. The van der Waals surface area contributed by atoms with E-state index in [2.05, 4.69) is 19.2 Å². The number of benzene rings is 3. The monoisotopic (exact) mass is 577 g/mol. The van der Waals surface area contributed by atoms with Crippen molar-refractivity contribution in [2.24, 2.45) is 5.92 Å². The smallest absolute Gasteiger partial charge is 0.244 e. The van der Waals surface area contributed by atoms with E-state index < -0.39 is 28.5 Å². The van der Waals surface area contributed by atoms with E-state index in [1.165, 1.54) is 4.90 Å². The van der Waals surface area contributed by atoms with E-state index in [9.17, 15) is 18.0 Å². The number of nitrogens with one attached hydrogen (secondary N) is 1. The van der Waals surface area contributed by atoms with E-state index in [0.717, 1.165) is 32.8 Å². The van der Waals surface area contributed by atoms with Gasteiger partial charge in [-0.05, 0) is 47.6 Å². The predicted octanol–water partition coefficient (Wildman–Crippen LogP) is 5.30. The maximum atomic E-state index is 14.2. The highest BCUT2D eigenvalue weighted by Gasteiger charge is 2.33. The van der Waals surface area contributed by atoms with Gasteiger partial charge in [-0.3, -0.25) is 13.9 Å². The maximum absolute atomic E-state index is 14.2. The molecule has 3 aromatic carbocycles. The number of rotatable bonds is 13. The molecular weight excluding hydrogens is 534 g/mol. The van der Waals surface area contributed by atoms with Crippen LogP contribution in [-0.4, -0.2) is 50.5 Å². The topological polar surface area (TPSA) is 86.8 Å². The summed E-state index contributed by atoms with van der Waals surface area (Å²) in [7, 11) is -3.80. The summed E-state index contributed by atoms with van der Waals surface area (Å²) in [6.45, 7) is 10.3. The largest absolute Gasteiger partial charge is 0.354 e. The Kier molecular flexibility index (Phi) is 11.1. The zero-order chi connectivity index (χ0) is 30.2. The molecule has 0 aliphatic carbocycles. The molecule has 0 saturated carbocycles. The second-order valence-corrected chi connectivity index (χ2v) is 13.3. The molecule has 0 unspecified atom stereocenters. The van der Waals surface area contributed by atoms with Crippen LogP contribution < -0.4 is 9.62 Å². The van der Waals surface area contributed by atoms with Crippen LogP contribution in [0.15, 0.2) is 78.9 Å². The maximum Gasteiger partial charge on any atom is 0.244 e. The molecule has 0 heterocycles. The normalized spacial score (nSPS) is 12.3. The van der Waals surface area contributed by atoms with Crippen LogP contribution in [0.4, 0.5) is 5.69 Å². The Balaban J connectivity index is 2.04. The van der Waals surface area contributed by atoms with E-state index in [1.54, 1.807) is 12.1 Å². The highest BCUT2D eigenvalue weighted by atomic mass is 32.2. The van der Waals surface area contributed by atoms with Gasteiger partial charge in [-0.1, -0.05) is 100.0 Å². The lowest BCUT2D eigenvalue weighted by atomic mass is 10.0. The first-order valence-corrected chi connectivity index (χ1v) is 15.9. The molecule has 1 atom stereocenters. The molecule has 0 radical (unpaired) electrons. The van der Waals surface area contributed by atoms with Crippen LogP contribution >= 0.6 is 0 Å². The summed E-state index contributed by atoms with van der Waals surface area (Å²) in [6.07, 6.45) is 1.39. The fourth-order valence-corrected chi connectivity index (χ4v) is 5.47. The number of carbonyl (C=O) groups excluding carboxylic acids is 2. The number of anilines is 1. The summed E-state index contributed by atoms with van der Waals surface area (Å²) >= 11 is 0. The van der Waals surface area contributed by atoms with Crippen LogP contribution in [0, 0.1) is 12.8 Å². The average molecular weight is 578 g/mol. The fraction of sp³-hybridized carbons (Fsp3) is 0.394. The fourth-order valence-electron chi connectivity index (χ4n) is 4.62. The van der Waals surface area contributed by atoms with Gasteiger partial charge in [-0.15, -0.1) is 0 Å². The molecule has 8 heteroatoms. The van der Waals surface area contributed by atoms with Crippen molar-refractivity contribution in [3.8, 4) is 0 Å². The van der Waals surface area contributed by atoms with Gasteiger partial charge in [0.15, 0.2) is 0 Å². The van der Waals surface area contributed by atoms with Gasteiger partial charge >= 0.3 is 0 Å². The third kappa shape index (κ3) is 9.46. The number of hydrogen-bond donors (Lipinski definition) is 1. The Morgan fingerprint density at radius 3 is 2.05 bits per heavy atom. The minimum atomic E-state index is -3.80. The molecule has 1 N–H and O–H groups in total. The van der Waals surface area contributed by atoms with Gasteiger partial charge in [-0.25, -0.2) is 8.42 Å². The SMILES string of the molecule is Cc1cccc(CN(C(=O)CN(c2ccc(C(C)C)cc2)S(C)(=O)=O)[C@H](Cc2ccccc2)C(=O)NCC(C)C)c1. The Labute approximate surface area is 245 Å². The van der Waals surface area contributed by atoms with Gasteiger partial charge in [0.25, 0.3) is 0 Å². The summed E-state index contributed by atoms with van der Waals surface area (Å²) in [5, 5.41) is 3.00. The summed E-state index contributed by atoms with van der Waals surface area (Å²) < 4.78 is 27.0. The number of aryl methyl sites for hydroxylation is 1. The number of sulfonamides is 1. The third-order valence-corrected chi connectivity index (χ3v) is 8.06. The third-order valence-electron chi connectivity index (χ3n) is 6.92. The molecule has 41 heavy (non-hydrogen) atoms. The van der Waals surface area contributed by atoms with Crippen molar-refractivity contribution < 1.29 is 18.0 Å². The van der Waals surface area contributed by atoms with Gasteiger partial charge in [0.2, 0.25) is 21.8 Å². The molecule has 3 aromatic rings. The molecule has 0 spiro atoms. The average Bonchev–Trinajstić information content (AvgIpc) is 2.92. The Bertz CT molecular complexity index is 1400. The van der Waals surface area contributed by atoms with Crippen LogP contribution in [0.3, 0.4) is 0 Å². The quantitative estimate of drug-likeness (QED) is 0.299. The molecule has 0 saturated heterocycles. The van der Waals surface area contributed by atoms with Crippen molar-refractivity contribution in [2.75, 3.05) is 23.7 Å². The van der Waals surface area contributed by atoms with E-state index in [0.29, 0.717) is 18.7 Å². The first-order valence-electron chi connectivity index (χ1n) is 14.1. The van der Waals surface area contributed by atoms with Crippen LogP contribution in [0.1, 0.15) is 55.9 Å².